The van der Waals surface area contributed by atoms with Crippen LogP contribution < -0.4 is 0 Å². The van der Waals surface area contributed by atoms with Gasteiger partial charge in [0.2, 0.25) is 0 Å². The first-order chi connectivity index (χ1) is 6.45. The summed E-state index contributed by atoms with van der Waals surface area (Å²) in [4.78, 5) is 10.9. The standard InChI is InChI=1S/C12H22O2/c1-6-8(3)11(9(4)7-2)10(5)12(13)14/h8-9H,6-7H2,1-5H3,(H,13,14). The summed E-state index contributed by atoms with van der Waals surface area (Å²) in [5.74, 6) is -0.0253. The molecule has 0 radical (unpaired) electrons. The normalized spacial score (nSPS) is 14.6. The smallest absolute Gasteiger partial charge is 0.331 e. The van der Waals surface area contributed by atoms with Gasteiger partial charge in [-0.2, -0.15) is 0 Å². The van der Waals surface area contributed by atoms with Crippen molar-refractivity contribution < 1.29 is 9.90 Å². The summed E-state index contributed by atoms with van der Waals surface area (Å²) < 4.78 is 0. The molecule has 0 bridgehead atoms. The topological polar surface area (TPSA) is 37.3 Å². The minimum absolute atomic E-state index is 0.376. The molecule has 0 amide bonds. The Balaban J connectivity index is 5.07. The molecule has 82 valence electrons. The largest absolute Gasteiger partial charge is 0.478 e. The first-order valence-electron chi connectivity index (χ1n) is 5.39. The molecule has 0 rings (SSSR count). The Morgan fingerprint density at radius 1 is 1.14 bits per heavy atom. The molecule has 0 saturated carbocycles. The lowest BCUT2D eigenvalue weighted by Gasteiger charge is -2.22. The molecule has 0 aromatic heterocycles. The maximum absolute atomic E-state index is 10.9. The highest BCUT2D eigenvalue weighted by Gasteiger charge is 2.19. The molecular weight excluding hydrogens is 176 g/mol. The van der Waals surface area contributed by atoms with Crippen LogP contribution >= 0.6 is 0 Å². The van der Waals surface area contributed by atoms with E-state index in [-0.39, 0.29) is 0 Å². The van der Waals surface area contributed by atoms with Crippen LogP contribution in [0.5, 0.6) is 0 Å². The Morgan fingerprint density at radius 2 is 1.50 bits per heavy atom. The van der Waals surface area contributed by atoms with Crippen LogP contribution in [0.2, 0.25) is 0 Å². The molecule has 0 heterocycles. The van der Waals surface area contributed by atoms with Crippen molar-refractivity contribution in [1.29, 1.82) is 0 Å². The number of aliphatic carboxylic acids is 1. The van der Waals surface area contributed by atoms with Gasteiger partial charge in [-0.3, -0.25) is 0 Å². The molecule has 2 unspecified atom stereocenters. The highest BCUT2D eigenvalue weighted by atomic mass is 16.4. The quantitative estimate of drug-likeness (QED) is 0.687. The lowest BCUT2D eigenvalue weighted by Crippen LogP contribution is -2.13. The Morgan fingerprint density at radius 3 is 1.71 bits per heavy atom. The summed E-state index contributed by atoms with van der Waals surface area (Å²) in [6, 6.07) is 0. The van der Waals surface area contributed by atoms with E-state index < -0.39 is 5.97 Å². The summed E-state index contributed by atoms with van der Waals surface area (Å²) in [6.07, 6.45) is 2.01. The predicted octanol–water partition coefficient (Wildman–Crippen LogP) is 3.48. The van der Waals surface area contributed by atoms with Crippen LogP contribution in [0, 0.1) is 11.8 Å². The first kappa shape index (κ1) is 13.2. The van der Waals surface area contributed by atoms with E-state index in [2.05, 4.69) is 27.7 Å². The van der Waals surface area contributed by atoms with Gasteiger partial charge in [-0.05, 0) is 31.6 Å². The molecule has 1 N–H and O–H groups in total. The highest BCUT2D eigenvalue weighted by Crippen LogP contribution is 2.28. The SMILES string of the molecule is CCC(C)C(=C(C)C(=O)O)C(C)CC. The van der Waals surface area contributed by atoms with E-state index in [0.29, 0.717) is 17.4 Å². The second-order valence-corrected chi connectivity index (χ2v) is 4.00. The average Bonchev–Trinajstić information content (AvgIpc) is 2.16. The molecule has 2 heteroatoms. The van der Waals surface area contributed by atoms with Gasteiger partial charge in [0, 0.05) is 5.57 Å². The van der Waals surface area contributed by atoms with Crippen LogP contribution in [-0.2, 0) is 4.79 Å². The third-order valence-corrected chi connectivity index (χ3v) is 3.04. The number of carbonyl (C=O) groups is 1. The van der Waals surface area contributed by atoms with Gasteiger partial charge in [0.1, 0.15) is 0 Å². The average molecular weight is 198 g/mol. The summed E-state index contributed by atoms with van der Waals surface area (Å²) in [5.41, 5.74) is 1.65. The minimum atomic E-state index is -0.777. The van der Waals surface area contributed by atoms with E-state index in [1.165, 1.54) is 0 Å². The molecule has 0 spiro atoms. The number of carboxylic acid groups (broad SMARTS) is 1. The summed E-state index contributed by atoms with van der Waals surface area (Å²) in [7, 11) is 0. The molecule has 14 heavy (non-hydrogen) atoms. The second kappa shape index (κ2) is 5.84. The van der Waals surface area contributed by atoms with Crippen LogP contribution in [0.1, 0.15) is 47.5 Å². The monoisotopic (exact) mass is 198 g/mol. The fraction of sp³-hybridized carbons (Fsp3) is 0.750. The molecule has 0 aromatic carbocycles. The lowest BCUT2D eigenvalue weighted by molar-refractivity contribution is -0.132. The van der Waals surface area contributed by atoms with Crippen molar-refractivity contribution in [3.63, 3.8) is 0 Å². The molecule has 2 nitrogen and oxygen atoms in total. The molecule has 0 fully saturated rings. The fourth-order valence-corrected chi connectivity index (χ4v) is 1.79. The van der Waals surface area contributed by atoms with Crippen molar-refractivity contribution in [2.24, 2.45) is 11.8 Å². The van der Waals surface area contributed by atoms with Crippen molar-refractivity contribution in [3.05, 3.63) is 11.1 Å². The van der Waals surface area contributed by atoms with E-state index in [9.17, 15) is 4.79 Å². The second-order valence-electron chi connectivity index (χ2n) is 4.00. The van der Waals surface area contributed by atoms with Crippen molar-refractivity contribution in [2.75, 3.05) is 0 Å². The third-order valence-electron chi connectivity index (χ3n) is 3.04. The fourth-order valence-electron chi connectivity index (χ4n) is 1.79. The van der Waals surface area contributed by atoms with Crippen molar-refractivity contribution in [1.82, 2.24) is 0 Å². The van der Waals surface area contributed by atoms with E-state index >= 15 is 0 Å². The van der Waals surface area contributed by atoms with E-state index in [4.69, 9.17) is 5.11 Å². The van der Waals surface area contributed by atoms with Crippen molar-refractivity contribution >= 4 is 5.97 Å². The van der Waals surface area contributed by atoms with Crippen LogP contribution in [0.4, 0.5) is 0 Å². The van der Waals surface area contributed by atoms with Crippen molar-refractivity contribution in [3.8, 4) is 0 Å². The lowest BCUT2D eigenvalue weighted by atomic mass is 9.84. The van der Waals surface area contributed by atoms with E-state index in [0.717, 1.165) is 18.4 Å². The van der Waals surface area contributed by atoms with Gasteiger partial charge in [0.05, 0.1) is 0 Å². The van der Waals surface area contributed by atoms with Gasteiger partial charge in [-0.1, -0.05) is 33.3 Å². The van der Waals surface area contributed by atoms with Gasteiger partial charge < -0.3 is 5.11 Å². The minimum Gasteiger partial charge on any atom is -0.478 e. The van der Waals surface area contributed by atoms with E-state index in [1.807, 2.05) is 0 Å². The van der Waals surface area contributed by atoms with Gasteiger partial charge >= 0.3 is 5.97 Å². The first-order valence-corrected chi connectivity index (χ1v) is 5.39. The molecule has 0 aliphatic carbocycles. The van der Waals surface area contributed by atoms with Crippen LogP contribution in [-0.4, -0.2) is 11.1 Å². The van der Waals surface area contributed by atoms with Gasteiger partial charge in [-0.15, -0.1) is 0 Å². The van der Waals surface area contributed by atoms with Crippen LogP contribution in [0.3, 0.4) is 0 Å². The number of hydrogen-bond donors (Lipinski definition) is 1. The summed E-state index contributed by atoms with van der Waals surface area (Å²) >= 11 is 0. The highest BCUT2D eigenvalue weighted by molar-refractivity contribution is 5.87. The molecule has 2 atom stereocenters. The number of carboxylic acids is 1. The zero-order valence-corrected chi connectivity index (χ0v) is 9.92. The Kier molecular flexibility index (Phi) is 5.51. The summed E-state index contributed by atoms with van der Waals surface area (Å²) in [6.45, 7) is 10.1. The summed E-state index contributed by atoms with van der Waals surface area (Å²) in [5, 5.41) is 8.98. The maximum Gasteiger partial charge on any atom is 0.331 e. The number of hydrogen-bond acceptors (Lipinski definition) is 1. The number of rotatable bonds is 5. The van der Waals surface area contributed by atoms with Crippen LogP contribution in [0.15, 0.2) is 11.1 Å². The van der Waals surface area contributed by atoms with E-state index in [1.54, 1.807) is 6.92 Å². The third kappa shape index (κ3) is 3.17. The Hall–Kier alpha value is -0.790. The van der Waals surface area contributed by atoms with Gasteiger partial charge in [0.25, 0.3) is 0 Å². The molecular formula is C12H22O2. The molecule has 0 saturated heterocycles. The van der Waals surface area contributed by atoms with Gasteiger partial charge in [0.15, 0.2) is 0 Å². The molecule has 0 aliphatic heterocycles. The molecule has 0 aromatic rings. The Bertz CT molecular complexity index is 216. The Labute approximate surface area is 87.0 Å². The maximum atomic E-state index is 10.9. The van der Waals surface area contributed by atoms with Crippen LogP contribution in [0.25, 0.3) is 0 Å². The zero-order chi connectivity index (χ0) is 11.3. The molecule has 0 aliphatic rings. The zero-order valence-electron chi connectivity index (χ0n) is 9.92. The van der Waals surface area contributed by atoms with Gasteiger partial charge in [-0.25, -0.2) is 4.79 Å². The number of allylic oxidation sites excluding steroid dienone is 1. The van der Waals surface area contributed by atoms with Crippen molar-refractivity contribution in [2.45, 2.75) is 47.5 Å². The predicted molar refractivity (Wildman–Crippen MR) is 59.2 cm³/mol.